The van der Waals surface area contributed by atoms with E-state index in [0.717, 1.165) is 61.7 Å². The van der Waals surface area contributed by atoms with Crippen LogP contribution >= 0.6 is 0 Å². The van der Waals surface area contributed by atoms with Gasteiger partial charge in [-0.1, -0.05) is 84.9 Å². The molecule has 6 heterocycles. The van der Waals surface area contributed by atoms with Gasteiger partial charge in [-0.3, -0.25) is 19.9 Å². The second-order valence-corrected chi connectivity index (χ2v) is 13.0. The van der Waals surface area contributed by atoms with E-state index in [2.05, 4.69) is 9.97 Å². The Morgan fingerprint density at radius 1 is 0.304 bits per heavy atom. The fraction of sp³-hybridized carbons (Fsp3) is 0. The Morgan fingerprint density at radius 2 is 0.732 bits per heavy atom. The summed E-state index contributed by atoms with van der Waals surface area (Å²) in [7, 11) is 0. The van der Waals surface area contributed by atoms with E-state index in [1.54, 1.807) is 12.4 Å². The lowest BCUT2D eigenvalue weighted by atomic mass is 9.94. The van der Waals surface area contributed by atoms with Gasteiger partial charge in [0.2, 0.25) is 0 Å². The highest BCUT2D eigenvalue weighted by atomic mass is 16.6. The molecule has 0 atom stereocenters. The second-order valence-electron chi connectivity index (χ2n) is 13.0. The van der Waals surface area contributed by atoms with E-state index in [4.69, 9.17) is 34.4 Å². The first-order chi connectivity index (χ1) is 27.7. The summed E-state index contributed by atoms with van der Waals surface area (Å²) in [5, 5.41) is 0. The Labute approximate surface area is 322 Å². The van der Waals surface area contributed by atoms with Gasteiger partial charge in [-0.15, -0.1) is 0 Å². The Hall–Kier alpha value is -7.91. The molecule has 0 radical (unpaired) electrons. The molecule has 1 aliphatic heterocycles. The maximum Gasteiger partial charge on any atom is 0.170 e. The maximum atomic E-state index is 6.64. The molecule has 10 rings (SSSR count). The predicted molar refractivity (Wildman–Crippen MR) is 216 cm³/mol. The summed E-state index contributed by atoms with van der Waals surface area (Å²) in [4.78, 5) is 33.2. The summed E-state index contributed by atoms with van der Waals surface area (Å²) in [6, 6.07) is 49.2. The molecule has 9 nitrogen and oxygen atoms in total. The third-order valence-electron chi connectivity index (χ3n) is 9.43. The summed E-state index contributed by atoms with van der Waals surface area (Å²) < 4.78 is 13.2. The van der Waals surface area contributed by atoms with Crippen LogP contribution in [0.25, 0.3) is 79.2 Å². The standard InChI is InChI=1S/C47H29N7O2/c1-3-11-30(12-4-1)45-52-46(31-13-5-2-6-14-31)54-47(53-45)32-19-22-41-42(25-32)56-44-27-36(34-18-21-40(51-29-34)38-16-8-10-24-49-38)35(26-43(44)55-41)33-17-20-39(50-28-33)37-15-7-9-23-48-37/h1-29H. The number of nitrogens with zero attached hydrogens (tertiary/aromatic N) is 7. The summed E-state index contributed by atoms with van der Waals surface area (Å²) in [5.74, 6) is 3.94. The van der Waals surface area contributed by atoms with Crippen LogP contribution in [0.2, 0.25) is 0 Å². The quantitative estimate of drug-likeness (QED) is 0.159. The lowest BCUT2D eigenvalue weighted by molar-refractivity contribution is 0.360. The van der Waals surface area contributed by atoms with E-state index >= 15 is 0 Å². The van der Waals surface area contributed by atoms with Gasteiger partial charge in [-0.2, -0.15) is 0 Å². The molecule has 0 spiro atoms. The molecule has 0 unspecified atom stereocenters. The number of hydrogen-bond acceptors (Lipinski definition) is 9. The topological polar surface area (TPSA) is 109 Å². The van der Waals surface area contributed by atoms with E-state index in [1.807, 2.05) is 164 Å². The number of ether oxygens (including phenoxy) is 2. The van der Waals surface area contributed by atoms with Gasteiger partial charge in [0.25, 0.3) is 0 Å². The average Bonchev–Trinajstić information content (AvgIpc) is 3.29. The number of fused-ring (bicyclic) bond motifs is 2. The average molecular weight is 724 g/mol. The van der Waals surface area contributed by atoms with Gasteiger partial charge in [-0.05, 0) is 77.9 Å². The second kappa shape index (κ2) is 14.1. The first-order valence-corrected chi connectivity index (χ1v) is 18.0. The monoisotopic (exact) mass is 723 g/mol. The molecule has 0 bridgehead atoms. The van der Waals surface area contributed by atoms with Crippen LogP contribution in [0, 0.1) is 0 Å². The summed E-state index contributed by atoms with van der Waals surface area (Å²) in [5.41, 5.74) is 9.32. The van der Waals surface area contributed by atoms with Crippen molar-refractivity contribution in [2.75, 3.05) is 0 Å². The van der Waals surface area contributed by atoms with Crippen molar-refractivity contribution in [2.24, 2.45) is 0 Å². The summed E-state index contributed by atoms with van der Waals surface area (Å²) in [6.45, 7) is 0. The minimum Gasteiger partial charge on any atom is -0.449 e. The molecule has 0 saturated carbocycles. The van der Waals surface area contributed by atoms with Crippen molar-refractivity contribution in [1.82, 2.24) is 34.9 Å². The highest BCUT2D eigenvalue weighted by Crippen LogP contribution is 2.50. The van der Waals surface area contributed by atoms with Gasteiger partial charge < -0.3 is 9.47 Å². The molecule has 0 aliphatic carbocycles. The normalized spacial score (nSPS) is 11.5. The number of aromatic nitrogens is 7. The molecular weight excluding hydrogens is 695 g/mol. The number of benzene rings is 4. The molecule has 5 aromatic heterocycles. The van der Waals surface area contributed by atoms with Crippen LogP contribution in [0.15, 0.2) is 176 Å². The minimum atomic E-state index is 0.520. The van der Waals surface area contributed by atoms with Crippen LogP contribution < -0.4 is 9.47 Å². The van der Waals surface area contributed by atoms with E-state index in [0.29, 0.717) is 40.5 Å². The van der Waals surface area contributed by atoms with Crippen molar-refractivity contribution in [2.45, 2.75) is 0 Å². The number of hydrogen-bond donors (Lipinski definition) is 0. The zero-order valence-electron chi connectivity index (χ0n) is 29.7. The molecule has 0 amide bonds. The Balaban J connectivity index is 1.04. The van der Waals surface area contributed by atoms with Crippen molar-refractivity contribution >= 4 is 0 Å². The molecule has 1 aliphatic rings. The fourth-order valence-corrected chi connectivity index (χ4v) is 6.62. The number of rotatable bonds is 7. The van der Waals surface area contributed by atoms with E-state index in [1.165, 1.54) is 0 Å². The SMILES string of the molecule is c1ccc(-c2nc(-c3ccccc3)nc(-c3ccc4c(c3)Oc3cc(-c5ccc(-c6ccccn6)nc5)c(-c5ccc(-c6ccccn6)nc5)cc3O4)n2)cc1. The largest absolute Gasteiger partial charge is 0.449 e. The van der Waals surface area contributed by atoms with Gasteiger partial charge >= 0.3 is 0 Å². The lowest BCUT2D eigenvalue weighted by Gasteiger charge is -2.23. The first kappa shape index (κ1) is 32.7. The fourth-order valence-electron chi connectivity index (χ4n) is 6.62. The van der Waals surface area contributed by atoms with Gasteiger partial charge in [0.15, 0.2) is 40.5 Å². The smallest absolute Gasteiger partial charge is 0.170 e. The molecule has 0 fully saturated rings. The van der Waals surface area contributed by atoms with E-state index in [-0.39, 0.29) is 0 Å². The Kier molecular flexibility index (Phi) is 8.27. The predicted octanol–water partition coefficient (Wildman–Crippen LogP) is 11.0. The van der Waals surface area contributed by atoms with E-state index < -0.39 is 0 Å². The zero-order valence-corrected chi connectivity index (χ0v) is 29.7. The third-order valence-corrected chi connectivity index (χ3v) is 9.43. The van der Waals surface area contributed by atoms with Crippen LogP contribution in [-0.2, 0) is 0 Å². The third kappa shape index (κ3) is 6.39. The van der Waals surface area contributed by atoms with Crippen LogP contribution in [0.5, 0.6) is 23.0 Å². The Morgan fingerprint density at radius 3 is 1.20 bits per heavy atom. The molecule has 264 valence electrons. The highest BCUT2D eigenvalue weighted by Gasteiger charge is 2.24. The molecule has 9 aromatic rings. The van der Waals surface area contributed by atoms with Crippen molar-refractivity contribution < 1.29 is 9.47 Å². The Bertz CT molecular complexity index is 2760. The van der Waals surface area contributed by atoms with Gasteiger partial charge in [0, 0.05) is 52.6 Å². The van der Waals surface area contributed by atoms with Gasteiger partial charge in [-0.25, -0.2) is 15.0 Å². The summed E-state index contributed by atoms with van der Waals surface area (Å²) in [6.07, 6.45) is 7.24. The van der Waals surface area contributed by atoms with Crippen molar-refractivity contribution in [3.8, 4) is 102 Å². The number of pyridine rings is 4. The molecule has 9 heteroatoms. The van der Waals surface area contributed by atoms with Crippen LogP contribution in [0.4, 0.5) is 0 Å². The molecule has 0 saturated heterocycles. The maximum absolute atomic E-state index is 6.64. The zero-order chi connectivity index (χ0) is 37.3. The molecule has 0 N–H and O–H groups in total. The van der Waals surface area contributed by atoms with Crippen molar-refractivity contribution in [3.63, 3.8) is 0 Å². The van der Waals surface area contributed by atoms with Crippen LogP contribution in [0.3, 0.4) is 0 Å². The van der Waals surface area contributed by atoms with Crippen LogP contribution in [-0.4, -0.2) is 34.9 Å². The summed E-state index contributed by atoms with van der Waals surface area (Å²) >= 11 is 0. The van der Waals surface area contributed by atoms with Crippen molar-refractivity contribution in [1.29, 1.82) is 0 Å². The molecular formula is C47H29N7O2. The minimum absolute atomic E-state index is 0.520. The van der Waals surface area contributed by atoms with Crippen LogP contribution in [0.1, 0.15) is 0 Å². The molecule has 56 heavy (non-hydrogen) atoms. The van der Waals surface area contributed by atoms with Gasteiger partial charge in [0.05, 0.1) is 22.8 Å². The highest BCUT2D eigenvalue weighted by molar-refractivity contribution is 5.87. The lowest BCUT2D eigenvalue weighted by Crippen LogP contribution is -2.03. The van der Waals surface area contributed by atoms with Crippen molar-refractivity contribution in [3.05, 3.63) is 176 Å². The van der Waals surface area contributed by atoms with E-state index in [9.17, 15) is 0 Å². The van der Waals surface area contributed by atoms with Gasteiger partial charge in [0.1, 0.15) is 0 Å². The first-order valence-electron chi connectivity index (χ1n) is 18.0. The molecule has 4 aromatic carbocycles.